The molecule has 1 aliphatic carbocycles. The summed E-state index contributed by atoms with van der Waals surface area (Å²) < 4.78 is 24.5. The van der Waals surface area contributed by atoms with E-state index >= 15 is 0 Å². The smallest absolute Gasteiger partial charge is 0.252 e. The Kier molecular flexibility index (Phi) is 5.84. The molecule has 0 radical (unpaired) electrons. The highest BCUT2D eigenvalue weighted by atomic mass is 16.7. The summed E-state index contributed by atoms with van der Waals surface area (Å²) in [4.78, 5) is 18.4. The zero-order valence-corrected chi connectivity index (χ0v) is 20.9. The topological polar surface area (TPSA) is 117 Å². The van der Waals surface area contributed by atoms with Crippen molar-refractivity contribution in [1.29, 1.82) is 0 Å². The van der Waals surface area contributed by atoms with Gasteiger partial charge >= 0.3 is 0 Å². The summed E-state index contributed by atoms with van der Waals surface area (Å²) in [5, 5.41) is 13.5. The summed E-state index contributed by atoms with van der Waals surface area (Å²) in [5.74, 6) is 3.61. The second-order valence-electron chi connectivity index (χ2n) is 10.0. The monoisotopic (exact) mass is 516 g/mol. The van der Waals surface area contributed by atoms with E-state index in [1.807, 2.05) is 41.1 Å². The number of fused-ring (bicyclic) bond motifs is 3. The van der Waals surface area contributed by atoms with Gasteiger partial charge in [0.1, 0.15) is 13.2 Å². The summed E-state index contributed by atoms with van der Waals surface area (Å²) in [5.41, 5.74) is 2.27. The molecule has 1 N–H and O–H groups in total. The van der Waals surface area contributed by atoms with Crippen LogP contribution in [0.25, 0.3) is 10.9 Å². The molecule has 11 heteroatoms. The van der Waals surface area contributed by atoms with E-state index in [2.05, 4.69) is 25.4 Å². The van der Waals surface area contributed by atoms with Gasteiger partial charge in [-0.3, -0.25) is 9.69 Å². The Morgan fingerprint density at radius 2 is 1.68 bits per heavy atom. The Labute approximate surface area is 218 Å². The van der Waals surface area contributed by atoms with Crippen LogP contribution in [0, 0.1) is 0 Å². The molecule has 1 fully saturated rings. The van der Waals surface area contributed by atoms with Crippen molar-refractivity contribution in [2.45, 2.75) is 51.4 Å². The van der Waals surface area contributed by atoms with Crippen LogP contribution >= 0.6 is 0 Å². The van der Waals surface area contributed by atoms with Crippen LogP contribution in [-0.4, -0.2) is 50.1 Å². The number of nitrogens with one attached hydrogen (secondary N) is 1. The highest BCUT2D eigenvalue weighted by molar-refractivity contribution is 5.83. The van der Waals surface area contributed by atoms with Gasteiger partial charge in [-0.1, -0.05) is 18.9 Å². The molecule has 0 unspecified atom stereocenters. The van der Waals surface area contributed by atoms with Gasteiger partial charge in [0.2, 0.25) is 6.79 Å². The van der Waals surface area contributed by atoms with Gasteiger partial charge in [0.15, 0.2) is 28.8 Å². The van der Waals surface area contributed by atoms with Crippen LogP contribution in [0.4, 0.5) is 0 Å². The number of tetrazole rings is 1. The molecule has 11 nitrogen and oxygen atoms in total. The van der Waals surface area contributed by atoms with E-state index in [0.29, 0.717) is 56.0 Å². The van der Waals surface area contributed by atoms with Crippen LogP contribution < -0.4 is 24.5 Å². The normalized spacial score (nSPS) is 16.6. The average Bonchev–Trinajstić information content (AvgIpc) is 3.70. The van der Waals surface area contributed by atoms with E-state index in [9.17, 15) is 4.79 Å². The molecule has 1 saturated carbocycles. The largest absolute Gasteiger partial charge is 0.486 e. The molecule has 38 heavy (non-hydrogen) atoms. The molecule has 0 saturated heterocycles. The van der Waals surface area contributed by atoms with Crippen molar-refractivity contribution in [3.05, 3.63) is 63.7 Å². The van der Waals surface area contributed by atoms with E-state index in [1.165, 1.54) is 12.8 Å². The average molecular weight is 517 g/mol. The summed E-state index contributed by atoms with van der Waals surface area (Å²) in [6.07, 6.45) is 4.55. The number of aromatic amines is 1. The van der Waals surface area contributed by atoms with Crippen molar-refractivity contribution in [2.24, 2.45) is 0 Å². The highest BCUT2D eigenvalue weighted by Gasteiger charge is 2.24. The van der Waals surface area contributed by atoms with E-state index in [1.54, 1.807) is 0 Å². The number of nitrogens with zero attached hydrogens (tertiary/aromatic N) is 5. The molecule has 0 spiro atoms. The number of hydrogen-bond acceptors (Lipinski definition) is 9. The molecule has 0 bridgehead atoms. The lowest BCUT2D eigenvalue weighted by Crippen LogP contribution is -2.28. The predicted molar refractivity (Wildman–Crippen MR) is 136 cm³/mol. The fraction of sp³-hybridized carbons (Fsp3) is 0.407. The number of hydrogen-bond donors (Lipinski definition) is 1. The first-order valence-electron chi connectivity index (χ1n) is 13.0. The van der Waals surface area contributed by atoms with Crippen molar-refractivity contribution in [3.8, 4) is 23.0 Å². The molecule has 3 aliphatic rings. The summed E-state index contributed by atoms with van der Waals surface area (Å²) in [6, 6.07) is 11.9. The minimum Gasteiger partial charge on any atom is -0.486 e. The second kappa shape index (κ2) is 9.64. The fourth-order valence-electron chi connectivity index (χ4n) is 5.56. The number of ether oxygens (including phenoxy) is 4. The van der Waals surface area contributed by atoms with Crippen LogP contribution in [-0.2, 0) is 19.6 Å². The standard InChI is InChI=1S/C27H28N6O5/c34-27-19(10-18-11-24-25(12-21(18)28-27)36-8-7-35-24)14-32(13-17-5-6-22-23(9-17)38-16-37-22)15-26-29-30-31-33(26)20-3-1-2-4-20/h5-6,9-12,20H,1-4,7-8,13-16H2,(H,28,34). The Hall–Kier alpha value is -4.12. The maximum absolute atomic E-state index is 13.2. The second-order valence-corrected chi connectivity index (χ2v) is 10.0. The molecule has 0 amide bonds. The number of rotatable bonds is 7. The van der Waals surface area contributed by atoms with Gasteiger partial charge in [-0.25, -0.2) is 4.68 Å². The highest BCUT2D eigenvalue weighted by Crippen LogP contribution is 2.35. The Morgan fingerprint density at radius 3 is 2.55 bits per heavy atom. The summed E-state index contributed by atoms with van der Waals surface area (Å²) in [7, 11) is 0. The number of pyridine rings is 1. The van der Waals surface area contributed by atoms with Crippen molar-refractivity contribution < 1.29 is 18.9 Å². The number of H-pyrrole nitrogens is 1. The lowest BCUT2D eigenvalue weighted by atomic mass is 10.1. The van der Waals surface area contributed by atoms with Crippen molar-refractivity contribution in [1.82, 2.24) is 30.1 Å². The molecule has 2 aromatic carbocycles. The first kappa shape index (κ1) is 23.0. The van der Waals surface area contributed by atoms with Gasteiger partial charge in [0, 0.05) is 30.1 Å². The van der Waals surface area contributed by atoms with Gasteiger partial charge in [-0.05, 0) is 53.1 Å². The van der Waals surface area contributed by atoms with Gasteiger partial charge < -0.3 is 23.9 Å². The number of aromatic nitrogens is 5. The van der Waals surface area contributed by atoms with Gasteiger partial charge in [0.05, 0.1) is 18.1 Å². The lowest BCUT2D eigenvalue weighted by molar-refractivity contribution is 0.172. The molecule has 2 aromatic heterocycles. The predicted octanol–water partition coefficient (Wildman–Crippen LogP) is 3.33. The molecule has 196 valence electrons. The van der Waals surface area contributed by atoms with Crippen molar-refractivity contribution >= 4 is 10.9 Å². The van der Waals surface area contributed by atoms with Crippen molar-refractivity contribution in [2.75, 3.05) is 20.0 Å². The third kappa shape index (κ3) is 4.43. The first-order chi connectivity index (χ1) is 18.7. The molecular formula is C27H28N6O5. The Balaban J connectivity index is 1.21. The summed E-state index contributed by atoms with van der Waals surface area (Å²) in [6.45, 7) is 2.71. The van der Waals surface area contributed by atoms with Crippen LogP contribution in [0.3, 0.4) is 0 Å². The van der Waals surface area contributed by atoms with Gasteiger partial charge in [-0.15, -0.1) is 5.10 Å². The molecule has 0 atom stereocenters. The quantitative estimate of drug-likeness (QED) is 0.395. The van der Waals surface area contributed by atoms with Crippen LogP contribution in [0.15, 0.2) is 41.2 Å². The van der Waals surface area contributed by atoms with Crippen molar-refractivity contribution in [3.63, 3.8) is 0 Å². The molecule has 4 aromatic rings. The Morgan fingerprint density at radius 1 is 0.895 bits per heavy atom. The molecule has 7 rings (SSSR count). The minimum atomic E-state index is -0.139. The first-order valence-corrected chi connectivity index (χ1v) is 13.0. The zero-order chi connectivity index (χ0) is 25.5. The SMILES string of the molecule is O=c1[nH]c2cc3c(cc2cc1CN(Cc1ccc2c(c1)OCO2)Cc1nnnn1C1CCCC1)OCCO3. The zero-order valence-electron chi connectivity index (χ0n) is 20.9. The van der Waals surface area contributed by atoms with Crippen LogP contribution in [0.5, 0.6) is 23.0 Å². The van der Waals surface area contributed by atoms with E-state index in [0.717, 1.165) is 46.6 Å². The Bertz CT molecular complexity index is 1540. The lowest BCUT2D eigenvalue weighted by Gasteiger charge is -2.23. The van der Waals surface area contributed by atoms with E-state index in [-0.39, 0.29) is 12.4 Å². The third-order valence-corrected chi connectivity index (χ3v) is 7.42. The maximum Gasteiger partial charge on any atom is 0.252 e. The van der Waals surface area contributed by atoms with Gasteiger partial charge in [-0.2, -0.15) is 0 Å². The van der Waals surface area contributed by atoms with Gasteiger partial charge in [0.25, 0.3) is 5.56 Å². The molecular weight excluding hydrogens is 488 g/mol. The van der Waals surface area contributed by atoms with Crippen LogP contribution in [0.1, 0.15) is 48.7 Å². The minimum absolute atomic E-state index is 0.139. The van der Waals surface area contributed by atoms with E-state index in [4.69, 9.17) is 18.9 Å². The van der Waals surface area contributed by atoms with E-state index < -0.39 is 0 Å². The van der Waals surface area contributed by atoms with Crippen LogP contribution in [0.2, 0.25) is 0 Å². The molecule has 2 aliphatic heterocycles. The third-order valence-electron chi connectivity index (χ3n) is 7.42. The maximum atomic E-state index is 13.2. The summed E-state index contributed by atoms with van der Waals surface area (Å²) >= 11 is 0. The fourth-order valence-corrected chi connectivity index (χ4v) is 5.56. The molecule has 4 heterocycles. The number of benzene rings is 2.